The molecule has 0 unspecified atom stereocenters. The first-order chi connectivity index (χ1) is 1.73. The Balaban J connectivity index is 0. The van der Waals surface area contributed by atoms with E-state index in [0.29, 0.717) is 0 Å². The molecule has 0 aliphatic carbocycles. The van der Waals surface area contributed by atoms with Crippen molar-refractivity contribution in [2.45, 2.75) is 0 Å². The SMILES string of the molecule is O=[N+]([O-])[O-].[Rh+]. The molecule has 4 nitrogen and oxygen atoms in total. The molecule has 0 aromatic rings. The number of hydrogen-bond acceptors (Lipinski definition) is 3. The molecular weight excluding hydrogens is 165 g/mol. The zero-order chi connectivity index (χ0) is 3.58. The van der Waals surface area contributed by atoms with Crippen molar-refractivity contribution in [2.75, 3.05) is 0 Å². The summed E-state index contributed by atoms with van der Waals surface area (Å²) in [6.07, 6.45) is 0. The van der Waals surface area contributed by atoms with Crippen LogP contribution < -0.4 is 0 Å². The van der Waals surface area contributed by atoms with Crippen LogP contribution in [0.15, 0.2) is 0 Å². The fourth-order valence-corrected chi connectivity index (χ4v) is 0. The first-order valence-electron chi connectivity index (χ1n) is 0.548. The Morgan fingerprint density at radius 3 is 1.40 bits per heavy atom. The fraction of sp³-hybridized carbons (Fsp3) is 0. The summed E-state index contributed by atoms with van der Waals surface area (Å²) in [5.41, 5.74) is 0. The van der Waals surface area contributed by atoms with Gasteiger partial charge in [-0.3, -0.25) is 0 Å². The Morgan fingerprint density at radius 2 is 1.40 bits per heavy atom. The first-order valence-corrected chi connectivity index (χ1v) is 0.548. The van der Waals surface area contributed by atoms with Crippen LogP contribution in [0.2, 0.25) is 0 Å². The molecule has 32 valence electrons. The van der Waals surface area contributed by atoms with Crippen LogP contribution in [0.1, 0.15) is 0 Å². The third-order valence-corrected chi connectivity index (χ3v) is 0. The normalized spacial score (nSPS) is 4.80. The minimum absolute atomic E-state index is 0. The van der Waals surface area contributed by atoms with Gasteiger partial charge in [-0.25, -0.2) is 0 Å². The van der Waals surface area contributed by atoms with E-state index in [-0.39, 0.29) is 19.5 Å². The van der Waals surface area contributed by atoms with E-state index in [1.165, 1.54) is 0 Å². The van der Waals surface area contributed by atoms with Gasteiger partial charge in [-0.2, -0.15) is 0 Å². The second-order valence-electron chi connectivity index (χ2n) is 0.224. The monoisotopic (exact) mass is 165 g/mol. The second kappa shape index (κ2) is 3.82. The van der Waals surface area contributed by atoms with Gasteiger partial charge in [-0.15, -0.1) is 0 Å². The maximum absolute atomic E-state index is 8.25. The maximum atomic E-state index is 8.25. The van der Waals surface area contributed by atoms with E-state index >= 15 is 0 Å². The van der Waals surface area contributed by atoms with E-state index in [9.17, 15) is 0 Å². The summed E-state index contributed by atoms with van der Waals surface area (Å²) < 4.78 is 0. The van der Waals surface area contributed by atoms with Crippen molar-refractivity contribution < 1.29 is 24.6 Å². The Hall–Kier alpha value is -0.177. The summed E-state index contributed by atoms with van der Waals surface area (Å²) in [6.45, 7) is 0. The van der Waals surface area contributed by atoms with Gasteiger partial charge in [0.25, 0.3) is 0 Å². The molecule has 0 saturated heterocycles. The fourth-order valence-electron chi connectivity index (χ4n) is 0. The average Bonchev–Trinajstić information content (AvgIpc) is 0.811. The predicted molar refractivity (Wildman–Crippen MR) is 10.4 cm³/mol. The van der Waals surface area contributed by atoms with Crippen molar-refractivity contribution in [3.8, 4) is 0 Å². The first kappa shape index (κ1) is 8.85. The molecule has 5 heteroatoms. The van der Waals surface area contributed by atoms with Crippen LogP contribution in [-0.2, 0) is 19.5 Å². The largest absolute Gasteiger partial charge is 1.00 e. The van der Waals surface area contributed by atoms with Gasteiger partial charge in [0.15, 0.2) is 0 Å². The molecule has 0 fully saturated rings. The van der Waals surface area contributed by atoms with Crippen LogP contribution in [0.25, 0.3) is 0 Å². The summed E-state index contributed by atoms with van der Waals surface area (Å²) in [5.74, 6) is 0. The van der Waals surface area contributed by atoms with Crippen LogP contribution in [0.5, 0.6) is 0 Å². The van der Waals surface area contributed by atoms with E-state index in [1.807, 2.05) is 0 Å². The van der Waals surface area contributed by atoms with Crippen molar-refractivity contribution in [3.63, 3.8) is 0 Å². The van der Waals surface area contributed by atoms with Gasteiger partial charge in [0, 0.05) is 0 Å². The van der Waals surface area contributed by atoms with Crippen LogP contribution in [-0.4, -0.2) is 5.09 Å². The Bertz CT molecular complexity index is 29.9. The molecule has 0 aromatic carbocycles. The van der Waals surface area contributed by atoms with Gasteiger partial charge in [0.1, 0.15) is 0 Å². The molecule has 0 aliphatic heterocycles. The topological polar surface area (TPSA) is 66.2 Å². The van der Waals surface area contributed by atoms with Gasteiger partial charge in [0.05, 0.1) is 5.09 Å². The van der Waals surface area contributed by atoms with E-state index in [1.54, 1.807) is 0 Å². The molecule has 0 heterocycles. The molecule has 0 N–H and O–H groups in total. The average molecular weight is 165 g/mol. The molecule has 0 spiro atoms. The van der Waals surface area contributed by atoms with Gasteiger partial charge in [-0.05, 0) is 0 Å². The number of rotatable bonds is 0. The van der Waals surface area contributed by atoms with E-state index in [2.05, 4.69) is 0 Å². The minimum Gasteiger partial charge on any atom is -0.356 e. The molecule has 0 radical (unpaired) electrons. The van der Waals surface area contributed by atoms with Crippen LogP contribution in [0.4, 0.5) is 0 Å². The molecule has 0 amide bonds. The van der Waals surface area contributed by atoms with Crippen molar-refractivity contribution in [3.05, 3.63) is 15.3 Å². The predicted octanol–water partition coefficient (Wildman–Crippen LogP) is -0.242. The summed E-state index contributed by atoms with van der Waals surface area (Å²) in [7, 11) is 0. The number of nitrogens with zero attached hydrogens (tertiary/aromatic N) is 1. The Kier molecular flexibility index (Phi) is 6.76. The van der Waals surface area contributed by atoms with Gasteiger partial charge < -0.3 is 15.3 Å². The Morgan fingerprint density at radius 1 is 1.40 bits per heavy atom. The number of hydrogen-bond donors (Lipinski definition) is 0. The van der Waals surface area contributed by atoms with Crippen LogP contribution in [0.3, 0.4) is 0 Å². The smallest absolute Gasteiger partial charge is 0.356 e. The summed E-state index contributed by atoms with van der Waals surface area (Å²) >= 11 is 0. The third-order valence-electron chi connectivity index (χ3n) is 0. The zero-order valence-corrected chi connectivity index (χ0v) is 3.64. The molecule has 0 aromatic heterocycles. The molecule has 0 rings (SSSR count). The third kappa shape index (κ3) is 407. The van der Waals surface area contributed by atoms with Crippen molar-refractivity contribution in [1.82, 2.24) is 0 Å². The zero-order valence-electron chi connectivity index (χ0n) is 2.01. The molecule has 0 bridgehead atoms. The molecule has 0 saturated carbocycles. The van der Waals surface area contributed by atoms with Crippen molar-refractivity contribution >= 4 is 0 Å². The summed E-state index contributed by atoms with van der Waals surface area (Å²) in [4.78, 5) is 8.25. The van der Waals surface area contributed by atoms with E-state index < -0.39 is 5.09 Å². The summed E-state index contributed by atoms with van der Waals surface area (Å²) in [5, 5.41) is 14.8. The van der Waals surface area contributed by atoms with Crippen LogP contribution in [0, 0.1) is 15.3 Å². The van der Waals surface area contributed by atoms with Gasteiger partial charge in [-0.1, -0.05) is 0 Å². The maximum Gasteiger partial charge on any atom is 1.00 e. The van der Waals surface area contributed by atoms with Gasteiger partial charge >= 0.3 is 19.5 Å². The molecule has 5 heavy (non-hydrogen) atoms. The molecule has 0 aliphatic rings. The molecular formula is NO3Rh. The summed E-state index contributed by atoms with van der Waals surface area (Å²) in [6, 6.07) is 0. The second-order valence-corrected chi connectivity index (χ2v) is 0.224. The van der Waals surface area contributed by atoms with E-state index in [4.69, 9.17) is 15.3 Å². The van der Waals surface area contributed by atoms with E-state index in [0.717, 1.165) is 0 Å². The Labute approximate surface area is 40.7 Å². The van der Waals surface area contributed by atoms with Crippen LogP contribution >= 0.6 is 0 Å². The van der Waals surface area contributed by atoms with Gasteiger partial charge in [0.2, 0.25) is 0 Å². The standard InChI is InChI=1S/NO3.Rh/c2-1(3)4;/q-1;+1. The minimum atomic E-state index is -1.75. The van der Waals surface area contributed by atoms with Crippen molar-refractivity contribution in [1.29, 1.82) is 0 Å². The molecule has 0 atom stereocenters. The quantitative estimate of drug-likeness (QED) is 0.282. The van der Waals surface area contributed by atoms with Crippen molar-refractivity contribution in [2.24, 2.45) is 0 Å².